The maximum Gasteiger partial charge on any atom is 0.248 e. The first kappa shape index (κ1) is 20.7. The van der Waals surface area contributed by atoms with E-state index < -0.39 is 10.0 Å². The molecular weight excluding hydrogens is 406 g/mol. The Morgan fingerprint density at radius 3 is 2.27 bits per heavy atom. The summed E-state index contributed by atoms with van der Waals surface area (Å²) in [6, 6.07) is 7.80. The van der Waals surface area contributed by atoms with Crippen molar-refractivity contribution in [1.29, 1.82) is 0 Å². The van der Waals surface area contributed by atoms with Crippen LogP contribution in [-0.2, 0) is 10.0 Å². The van der Waals surface area contributed by atoms with Gasteiger partial charge in [-0.05, 0) is 39.8 Å². The van der Waals surface area contributed by atoms with Crippen LogP contribution in [0.4, 0.5) is 0 Å². The molecule has 3 heterocycles. The molecule has 0 bridgehead atoms. The quantitative estimate of drug-likeness (QED) is 0.607. The van der Waals surface area contributed by atoms with Gasteiger partial charge < -0.3 is 8.94 Å². The highest BCUT2D eigenvalue weighted by molar-refractivity contribution is 7.89. The van der Waals surface area contributed by atoms with Gasteiger partial charge in [0.1, 0.15) is 10.6 Å². The van der Waals surface area contributed by atoms with Gasteiger partial charge in [0.05, 0.1) is 6.04 Å². The lowest BCUT2D eigenvalue weighted by Crippen LogP contribution is -2.49. The summed E-state index contributed by atoms with van der Waals surface area (Å²) in [5, 5.41) is 12.2. The number of hydrogen-bond acceptors (Lipinski definition) is 8. The molecule has 2 aromatic heterocycles. The standard InChI is InChI=1S/C20H25N5O4S/c1-13-5-7-17(8-6-13)20-22-21-19(28-20)15(3)24-9-11-25(12-10-24)30(26,27)18-14(2)23-29-16(18)4/h5-8,15H,9-12H2,1-4H3. The van der Waals surface area contributed by atoms with E-state index in [1.807, 2.05) is 38.1 Å². The number of rotatable bonds is 5. The van der Waals surface area contributed by atoms with Gasteiger partial charge in [-0.15, -0.1) is 10.2 Å². The topological polar surface area (TPSA) is 106 Å². The van der Waals surface area contributed by atoms with E-state index >= 15 is 0 Å². The van der Waals surface area contributed by atoms with Crippen LogP contribution in [0.2, 0.25) is 0 Å². The average molecular weight is 432 g/mol. The fraction of sp³-hybridized carbons (Fsp3) is 0.450. The Morgan fingerprint density at radius 1 is 1.00 bits per heavy atom. The summed E-state index contributed by atoms with van der Waals surface area (Å²) in [5.41, 5.74) is 2.43. The number of benzene rings is 1. The predicted octanol–water partition coefficient (Wildman–Crippen LogP) is 2.72. The van der Waals surface area contributed by atoms with Gasteiger partial charge in [-0.3, -0.25) is 4.90 Å². The molecule has 0 spiro atoms. The van der Waals surface area contributed by atoms with Gasteiger partial charge in [0.25, 0.3) is 0 Å². The number of piperazine rings is 1. The van der Waals surface area contributed by atoms with Gasteiger partial charge in [-0.1, -0.05) is 22.9 Å². The van der Waals surface area contributed by atoms with Crippen LogP contribution in [0.1, 0.15) is 35.9 Å². The monoisotopic (exact) mass is 431 g/mol. The molecule has 1 saturated heterocycles. The molecule has 1 unspecified atom stereocenters. The second kappa shape index (κ2) is 7.93. The molecular formula is C20H25N5O4S. The summed E-state index contributed by atoms with van der Waals surface area (Å²) >= 11 is 0. The molecule has 3 aromatic rings. The molecule has 9 nitrogen and oxygen atoms in total. The molecule has 1 aliphatic heterocycles. The van der Waals surface area contributed by atoms with E-state index in [0.29, 0.717) is 49.4 Å². The Morgan fingerprint density at radius 2 is 1.67 bits per heavy atom. The lowest BCUT2D eigenvalue weighted by atomic mass is 10.1. The molecule has 1 aliphatic rings. The Hall–Kier alpha value is -2.56. The third-order valence-electron chi connectivity index (χ3n) is 5.48. The van der Waals surface area contributed by atoms with E-state index in [1.165, 1.54) is 4.31 Å². The van der Waals surface area contributed by atoms with Crippen molar-refractivity contribution in [3.63, 3.8) is 0 Å². The van der Waals surface area contributed by atoms with Crippen molar-refractivity contribution < 1.29 is 17.4 Å². The van der Waals surface area contributed by atoms with Gasteiger partial charge >= 0.3 is 0 Å². The van der Waals surface area contributed by atoms with Crippen LogP contribution >= 0.6 is 0 Å². The van der Waals surface area contributed by atoms with Crippen molar-refractivity contribution in [3.8, 4) is 11.5 Å². The van der Waals surface area contributed by atoms with Crippen LogP contribution in [0.5, 0.6) is 0 Å². The number of sulfonamides is 1. The minimum Gasteiger partial charge on any atom is -0.419 e. The zero-order chi connectivity index (χ0) is 21.5. The summed E-state index contributed by atoms with van der Waals surface area (Å²) in [7, 11) is -3.63. The summed E-state index contributed by atoms with van der Waals surface area (Å²) in [6.07, 6.45) is 0. The van der Waals surface area contributed by atoms with E-state index in [4.69, 9.17) is 8.94 Å². The highest BCUT2D eigenvalue weighted by Crippen LogP contribution is 2.28. The Bertz CT molecular complexity index is 1110. The van der Waals surface area contributed by atoms with Gasteiger partial charge in [0, 0.05) is 31.7 Å². The lowest BCUT2D eigenvalue weighted by molar-refractivity contribution is 0.129. The summed E-state index contributed by atoms with van der Waals surface area (Å²) < 4.78 is 38.4. The van der Waals surface area contributed by atoms with E-state index in [2.05, 4.69) is 20.3 Å². The summed E-state index contributed by atoms with van der Waals surface area (Å²) in [5.74, 6) is 1.32. The van der Waals surface area contributed by atoms with E-state index in [0.717, 1.165) is 11.1 Å². The number of nitrogens with zero attached hydrogens (tertiary/aromatic N) is 5. The van der Waals surface area contributed by atoms with E-state index in [-0.39, 0.29) is 10.9 Å². The zero-order valence-electron chi connectivity index (χ0n) is 17.5. The van der Waals surface area contributed by atoms with E-state index in [9.17, 15) is 8.42 Å². The van der Waals surface area contributed by atoms with Crippen molar-refractivity contribution in [3.05, 3.63) is 47.2 Å². The zero-order valence-corrected chi connectivity index (χ0v) is 18.3. The van der Waals surface area contributed by atoms with Gasteiger partial charge in [-0.2, -0.15) is 4.31 Å². The number of aryl methyl sites for hydroxylation is 3. The first-order chi connectivity index (χ1) is 14.3. The van der Waals surface area contributed by atoms with Crippen LogP contribution in [0.3, 0.4) is 0 Å². The molecule has 0 aliphatic carbocycles. The third kappa shape index (κ3) is 3.78. The molecule has 160 valence electrons. The maximum absolute atomic E-state index is 13.0. The summed E-state index contributed by atoms with van der Waals surface area (Å²) in [6.45, 7) is 9.14. The molecule has 1 atom stereocenters. The van der Waals surface area contributed by atoms with Crippen molar-refractivity contribution >= 4 is 10.0 Å². The van der Waals surface area contributed by atoms with Crippen LogP contribution in [0, 0.1) is 20.8 Å². The van der Waals surface area contributed by atoms with Crippen molar-refractivity contribution in [2.24, 2.45) is 0 Å². The molecule has 30 heavy (non-hydrogen) atoms. The predicted molar refractivity (Wildman–Crippen MR) is 109 cm³/mol. The van der Waals surface area contributed by atoms with E-state index in [1.54, 1.807) is 13.8 Å². The highest BCUT2D eigenvalue weighted by Gasteiger charge is 2.35. The van der Waals surface area contributed by atoms with Crippen LogP contribution < -0.4 is 0 Å². The first-order valence-corrected chi connectivity index (χ1v) is 11.3. The molecule has 1 fully saturated rings. The minimum absolute atomic E-state index is 0.111. The van der Waals surface area contributed by atoms with Crippen molar-refractivity contribution in [2.45, 2.75) is 38.6 Å². The van der Waals surface area contributed by atoms with Gasteiger partial charge in [0.15, 0.2) is 5.76 Å². The molecule has 0 amide bonds. The first-order valence-electron chi connectivity index (χ1n) is 9.85. The Balaban J connectivity index is 1.44. The molecule has 0 radical (unpaired) electrons. The normalized spacial score (nSPS) is 17.3. The van der Waals surface area contributed by atoms with Gasteiger partial charge in [0.2, 0.25) is 21.8 Å². The SMILES string of the molecule is Cc1ccc(-c2nnc(C(C)N3CCN(S(=O)(=O)c4c(C)noc4C)CC3)o2)cc1. The van der Waals surface area contributed by atoms with Gasteiger partial charge in [-0.25, -0.2) is 8.42 Å². The van der Waals surface area contributed by atoms with Crippen molar-refractivity contribution in [1.82, 2.24) is 24.6 Å². The van der Waals surface area contributed by atoms with Crippen LogP contribution in [-0.4, -0.2) is 59.2 Å². The fourth-order valence-corrected chi connectivity index (χ4v) is 5.39. The Kier molecular flexibility index (Phi) is 5.48. The fourth-order valence-electron chi connectivity index (χ4n) is 3.68. The second-order valence-electron chi connectivity index (χ2n) is 7.58. The van der Waals surface area contributed by atoms with Crippen LogP contribution in [0.25, 0.3) is 11.5 Å². The lowest BCUT2D eigenvalue weighted by Gasteiger charge is -2.36. The Labute approximate surface area is 175 Å². The molecule has 0 N–H and O–H groups in total. The molecule has 10 heteroatoms. The average Bonchev–Trinajstić information content (AvgIpc) is 3.35. The minimum atomic E-state index is -3.63. The number of hydrogen-bond donors (Lipinski definition) is 0. The highest BCUT2D eigenvalue weighted by atomic mass is 32.2. The van der Waals surface area contributed by atoms with Crippen molar-refractivity contribution in [2.75, 3.05) is 26.2 Å². The maximum atomic E-state index is 13.0. The summed E-state index contributed by atoms with van der Waals surface area (Å²) in [4.78, 5) is 2.31. The number of aromatic nitrogens is 3. The largest absolute Gasteiger partial charge is 0.419 e. The molecule has 1 aromatic carbocycles. The third-order valence-corrected chi connectivity index (χ3v) is 7.63. The smallest absolute Gasteiger partial charge is 0.248 e. The molecule has 0 saturated carbocycles. The molecule has 4 rings (SSSR count). The van der Waals surface area contributed by atoms with Crippen LogP contribution in [0.15, 0.2) is 38.1 Å². The second-order valence-corrected chi connectivity index (χ2v) is 9.46.